The maximum atomic E-state index is 12.8. The second-order valence-electron chi connectivity index (χ2n) is 5.45. The molecule has 0 heterocycles. The van der Waals surface area contributed by atoms with E-state index in [4.69, 9.17) is 6.42 Å². The zero-order valence-electron chi connectivity index (χ0n) is 13.6. The molecule has 0 fully saturated rings. The van der Waals surface area contributed by atoms with Gasteiger partial charge < -0.3 is 0 Å². The summed E-state index contributed by atoms with van der Waals surface area (Å²) >= 11 is 0. The molecule has 0 radical (unpaired) electrons. The first-order valence-corrected chi connectivity index (χ1v) is 8.55. The number of benzene rings is 1. The molecule has 0 unspecified atom stereocenters. The van der Waals surface area contributed by atoms with E-state index in [0.717, 1.165) is 16.7 Å². The highest BCUT2D eigenvalue weighted by molar-refractivity contribution is 7.89. The summed E-state index contributed by atoms with van der Waals surface area (Å²) in [5.74, 6) is 2.51. The molecule has 0 spiro atoms. The van der Waals surface area contributed by atoms with Crippen LogP contribution in [0.25, 0.3) is 0 Å². The Hall–Kier alpha value is -1.83. The molecule has 0 aliphatic rings. The predicted molar refractivity (Wildman–Crippen MR) is 92.0 cm³/mol. The summed E-state index contributed by atoms with van der Waals surface area (Å²) in [5.41, 5.74) is 2.82. The SMILES string of the molecule is C#C/C(C)=C\CN(CC=C(C)C)S(=O)(=O)c1ccc(C)cc1. The van der Waals surface area contributed by atoms with Crippen LogP contribution in [0.5, 0.6) is 0 Å². The molecule has 0 saturated heterocycles. The lowest BCUT2D eigenvalue weighted by molar-refractivity contribution is 0.473. The molecule has 1 aromatic carbocycles. The quantitative estimate of drug-likeness (QED) is 0.594. The molecule has 0 amide bonds. The van der Waals surface area contributed by atoms with Crippen LogP contribution in [0.1, 0.15) is 26.3 Å². The summed E-state index contributed by atoms with van der Waals surface area (Å²) in [4.78, 5) is 0.298. The van der Waals surface area contributed by atoms with Gasteiger partial charge in [-0.25, -0.2) is 8.42 Å². The van der Waals surface area contributed by atoms with Gasteiger partial charge in [0.1, 0.15) is 0 Å². The monoisotopic (exact) mass is 317 g/mol. The van der Waals surface area contributed by atoms with Gasteiger partial charge in [-0.05, 0) is 45.4 Å². The molecule has 0 aromatic heterocycles. The number of nitrogens with zero attached hydrogens (tertiary/aromatic N) is 1. The molecule has 0 aliphatic heterocycles. The molecule has 0 aliphatic carbocycles. The van der Waals surface area contributed by atoms with Crippen molar-refractivity contribution < 1.29 is 8.42 Å². The van der Waals surface area contributed by atoms with E-state index in [1.807, 2.05) is 26.8 Å². The number of terminal acetylenes is 1. The van der Waals surface area contributed by atoms with Crippen LogP contribution in [0.3, 0.4) is 0 Å². The van der Waals surface area contributed by atoms with E-state index in [9.17, 15) is 8.42 Å². The van der Waals surface area contributed by atoms with Crippen molar-refractivity contribution >= 4 is 10.0 Å². The minimum absolute atomic E-state index is 0.260. The van der Waals surface area contributed by atoms with Crippen molar-refractivity contribution in [3.63, 3.8) is 0 Å². The van der Waals surface area contributed by atoms with Gasteiger partial charge in [0.2, 0.25) is 10.0 Å². The minimum atomic E-state index is -3.54. The molecular weight excluding hydrogens is 294 g/mol. The van der Waals surface area contributed by atoms with Gasteiger partial charge in [-0.1, -0.05) is 41.3 Å². The van der Waals surface area contributed by atoms with Gasteiger partial charge in [0, 0.05) is 13.1 Å². The maximum Gasteiger partial charge on any atom is 0.243 e. The first kappa shape index (κ1) is 18.2. The average Bonchev–Trinajstić information content (AvgIpc) is 2.46. The standard InChI is InChI=1S/C18H23NO2S/c1-6-16(4)12-14-19(13-11-15(2)3)22(20,21)18-9-7-17(5)8-10-18/h1,7-12H,13-14H2,2-5H3/b16-12-. The summed E-state index contributed by atoms with van der Waals surface area (Å²) < 4.78 is 27.0. The predicted octanol–water partition coefficient (Wildman–Crippen LogP) is 3.53. The number of hydrogen-bond donors (Lipinski definition) is 0. The summed E-state index contributed by atoms with van der Waals surface area (Å²) in [6.07, 6.45) is 8.97. The van der Waals surface area contributed by atoms with Crippen LogP contribution < -0.4 is 0 Å². The lowest BCUT2D eigenvalue weighted by Gasteiger charge is -2.20. The van der Waals surface area contributed by atoms with E-state index >= 15 is 0 Å². The largest absolute Gasteiger partial charge is 0.243 e. The molecule has 4 heteroatoms. The highest BCUT2D eigenvalue weighted by Crippen LogP contribution is 2.17. The van der Waals surface area contributed by atoms with Crippen molar-refractivity contribution in [1.82, 2.24) is 4.31 Å². The highest BCUT2D eigenvalue weighted by Gasteiger charge is 2.22. The highest BCUT2D eigenvalue weighted by atomic mass is 32.2. The third-order valence-electron chi connectivity index (χ3n) is 3.19. The number of hydrogen-bond acceptors (Lipinski definition) is 2. The van der Waals surface area contributed by atoms with Crippen LogP contribution in [-0.2, 0) is 10.0 Å². The van der Waals surface area contributed by atoms with Crippen LogP contribution in [0.4, 0.5) is 0 Å². The molecule has 0 bridgehead atoms. The van der Waals surface area contributed by atoms with E-state index < -0.39 is 10.0 Å². The lowest BCUT2D eigenvalue weighted by atomic mass is 10.2. The molecule has 1 rings (SSSR count). The number of allylic oxidation sites excluding steroid dienone is 2. The zero-order valence-corrected chi connectivity index (χ0v) is 14.4. The second-order valence-corrected chi connectivity index (χ2v) is 7.39. The molecule has 1 aromatic rings. The Bertz CT molecular complexity index is 700. The van der Waals surface area contributed by atoms with Crippen molar-refractivity contribution in [3.8, 4) is 12.3 Å². The van der Waals surface area contributed by atoms with Gasteiger partial charge in [0.15, 0.2) is 0 Å². The topological polar surface area (TPSA) is 37.4 Å². The fraction of sp³-hybridized carbons (Fsp3) is 0.333. The summed E-state index contributed by atoms with van der Waals surface area (Å²) in [6, 6.07) is 6.87. The first-order valence-electron chi connectivity index (χ1n) is 7.11. The first-order chi connectivity index (χ1) is 10.3. The van der Waals surface area contributed by atoms with Crippen LogP contribution in [0, 0.1) is 19.3 Å². The van der Waals surface area contributed by atoms with Crippen molar-refractivity contribution in [2.75, 3.05) is 13.1 Å². The summed E-state index contributed by atoms with van der Waals surface area (Å²) in [6.45, 7) is 8.19. The fourth-order valence-corrected chi connectivity index (χ4v) is 3.03. The van der Waals surface area contributed by atoms with E-state index in [2.05, 4.69) is 5.92 Å². The molecule has 0 N–H and O–H groups in total. The van der Waals surface area contributed by atoms with Gasteiger partial charge in [-0.15, -0.1) is 6.42 Å². The van der Waals surface area contributed by atoms with Crippen LogP contribution in [-0.4, -0.2) is 25.8 Å². The second kappa shape index (κ2) is 7.98. The van der Waals surface area contributed by atoms with Crippen molar-refractivity contribution in [2.45, 2.75) is 32.6 Å². The smallest absolute Gasteiger partial charge is 0.207 e. The van der Waals surface area contributed by atoms with Crippen LogP contribution in [0.2, 0.25) is 0 Å². The Balaban J connectivity index is 3.15. The number of sulfonamides is 1. The Labute approximate surface area is 134 Å². The van der Waals surface area contributed by atoms with Gasteiger partial charge in [-0.2, -0.15) is 4.31 Å². The summed E-state index contributed by atoms with van der Waals surface area (Å²) in [7, 11) is -3.54. The normalized spacial score (nSPS) is 12.1. The van der Waals surface area contributed by atoms with Crippen molar-refractivity contribution in [3.05, 3.63) is 53.1 Å². The minimum Gasteiger partial charge on any atom is -0.207 e. The maximum absolute atomic E-state index is 12.8. The Kier molecular flexibility index (Phi) is 6.61. The van der Waals surface area contributed by atoms with Crippen molar-refractivity contribution in [2.24, 2.45) is 0 Å². The third-order valence-corrected chi connectivity index (χ3v) is 5.04. The zero-order chi connectivity index (χ0) is 16.8. The van der Waals surface area contributed by atoms with Crippen LogP contribution in [0.15, 0.2) is 52.5 Å². The molecule has 3 nitrogen and oxygen atoms in total. The van der Waals surface area contributed by atoms with Gasteiger partial charge in [0.05, 0.1) is 4.90 Å². The van der Waals surface area contributed by atoms with Gasteiger partial charge in [-0.3, -0.25) is 0 Å². The van der Waals surface area contributed by atoms with E-state index in [1.165, 1.54) is 4.31 Å². The van der Waals surface area contributed by atoms with E-state index in [-0.39, 0.29) is 6.54 Å². The Morgan fingerprint density at radius 2 is 1.68 bits per heavy atom. The molecular formula is C18H23NO2S. The third kappa shape index (κ3) is 5.18. The molecule has 0 saturated carbocycles. The van der Waals surface area contributed by atoms with E-state index in [0.29, 0.717) is 11.4 Å². The van der Waals surface area contributed by atoms with Gasteiger partial charge in [0.25, 0.3) is 0 Å². The number of rotatable bonds is 6. The van der Waals surface area contributed by atoms with E-state index in [1.54, 1.807) is 37.3 Å². The molecule has 22 heavy (non-hydrogen) atoms. The lowest BCUT2D eigenvalue weighted by Crippen LogP contribution is -2.31. The van der Waals surface area contributed by atoms with Crippen molar-refractivity contribution in [1.29, 1.82) is 0 Å². The Morgan fingerprint density at radius 1 is 1.14 bits per heavy atom. The average molecular weight is 317 g/mol. The Morgan fingerprint density at radius 3 is 2.18 bits per heavy atom. The number of aryl methyl sites for hydroxylation is 1. The fourth-order valence-electron chi connectivity index (χ4n) is 1.71. The summed E-state index contributed by atoms with van der Waals surface area (Å²) in [5, 5.41) is 0. The molecule has 118 valence electrons. The van der Waals surface area contributed by atoms with Crippen LogP contribution >= 0.6 is 0 Å². The van der Waals surface area contributed by atoms with Gasteiger partial charge >= 0.3 is 0 Å². The molecule has 0 atom stereocenters.